The van der Waals surface area contributed by atoms with Gasteiger partial charge in [0.25, 0.3) is 10.0 Å². The Balaban J connectivity index is 1.60. The second kappa shape index (κ2) is 8.18. The van der Waals surface area contributed by atoms with Gasteiger partial charge < -0.3 is 14.4 Å². The lowest BCUT2D eigenvalue weighted by Gasteiger charge is -2.35. The van der Waals surface area contributed by atoms with Gasteiger partial charge in [-0.3, -0.25) is 9.52 Å². The molecule has 1 N–H and O–H groups in total. The Kier molecular flexibility index (Phi) is 5.60. The number of nitrogens with zero attached hydrogens (tertiary/aromatic N) is 1. The van der Waals surface area contributed by atoms with E-state index < -0.39 is 10.0 Å². The number of nitrogens with one attached hydrogen (secondary N) is 1. The van der Waals surface area contributed by atoms with Crippen molar-refractivity contribution in [3.8, 4) is 11.5 Å². The Morgan fingerprint density at radius 2 is 1.73 bits per heavy atom. The van der Waals surface area contributed by atoms with Crippen LogP contribution in [0.25, 0.3) is 0 Å². The topological polar surface area (TPSA) is 84.9 Å². The Labute approximate surface area is 177 Å². The number of ether oxygens (including phenoxy) is 2. The molecule has 1 aliphatic carbocycles. The van der Waals surface area contributed by atoms with Gasteiger partial charge >= 0.3 is 0 Å². The van der Waals surface area contributed by atoms with E-state index in [0.717, 1.165) is 43.4 Å². The normalized spacial score (nSPS) is 16.4. The van der Waals surface area contributed by atoms with Gasteiger partial charge in [0.05, 0.1) is 24.8 Å². The van der Waals surface area contributed by atoms with Crippen LogP contribution in [0.4, 0.5) is 11.4 Å². The third-order valence-electron chi connectivity index (χ3n) is 5.80. The monoisotopic (exact) mass is 430 g/mol. The van der Waals surface area contributed by atoms with Crippen LogP contribution >= 0.6 is 0 Å². The van der Waals surface area contributed by atoms with E-state index in [0.29, 0.717) is 23.7 Å². The van der Waals surface area contributed by atoms with Crippen molar-refractivity contribution in [1.29, 1.82) is 0 Å². The first-order chi connectivity index (χ1) is 14.4. The standard InChI is InChI=1S/C22H26N2O5S/c1-28-18-12-17(13-19(14-18)29-2)23-30(26,27)20-8-9-21-16(11-20)7-4-10-24(21)22(25)15-5-3-6-15/h8-9,11-15,23H,3-7,10H2,1-2H3. The molecule has 0 bridgehead atoms. The summed E-state index contributed by atoms with van der Waals surface area (Å²) in [5.41, 5.74) is 2.07. The fourth-order valence-corrected chi connectivity index (χ4v) is 5.02. The predicted molar refractivity (Wildman–Crippen MR) is 115 cm³/mol. The number of methoxy groups -OCH3 is 2. The molecule has 1 heterocycles. The van der Waals surface area contributed by atoms with Crippen molar-refractivity contribution in [3.63, 3.8) is 0 Å². The summed E-state index contributed by atoms with van der Waals surface area (Å²) in [4.78, 5) is 14.8. The lowest BCUT2D eigenvalue weighted by atomic mass is 9.83. The highest BCUT2D eigenvalue weighted by atomic mass is 32.2. The number of carbonyl (C=O) groups is 1. The van der Waals surface area contributed by atoms with Crippen molar-refractivity contribution < 1.29 is 22.7 Å². The summed E-state index contributed by atoms with van der Waals surface area (Å²) in [6.45, 7) is 0.691. The van der Waals surface area contributed by atoms with Crippen molar-refractivity contribution in [2.45, 2.75) is 37.0 Å². The number of benzene rings is 2. The number of carbonyl (C=O) groups excluding carboxylic acids is 1. The maximum absolute atomic E-state index is 13.0. The summed E-state index contributed by atoms with van der Waals surface area (Å²) in [5, 5.41) is 0. The predicted octanol–water partition coefficient (Wildman–Crippen LogP) is 3.58. The molecule has 8 heteroatoms. The van der Waals surface area contributed by atoms with Crippen LogP contribution in [0.3, 0.4) is 0 Å². The lowest BCUT2D eigenvalue weighted by Crippen LogP contribution is -2.41. The van der Waals surface area contributed by atoms with Gasteiger partial charge in [0, 0.05) is 36.3 Å². The number of hydrogen-bond donors (Lipinski definition) is 1. The molecule has 1 saturated carbocycles. The van der Waals surface area contributed by atoms with Gasteiger partial charge in [0.1, 0.15) is 11.5 Å². The maximum Gasteiger partial charge on any atom is 0.261 e. The quantitative estimate of drug-likeness (QED) is 0.757. The van der Waals surface area contributed by atoms with Crippen molar-refractivity contribution in [3.05, 3.63) is 42.0 Å². The Bertz CT molecular complexity index is 1040. The summed E-state index contributed by atoms with van der Waals surface area (Å²) in [6, 6.07) is 9.85. The molecule has 160 valence electrons. The van der Waals surface area contributed by atoms with Crippen LogP contribution in [0.5, 0.6) is 11.5 Å². The Morgan fingerprint density at radius 3 is 2.33 bits per heavy atom. The first-order valence-electron chi connectivity index (χ1n) is 10.1. The Hall–Kier alpha value is -2.74. The van der Waals surface area contributed by atoms with E-state index in [9.17, 15) is 13.2 Å². The number of fused-ring (bicyclic) bond motifs is 1. The number of rotatable bonds is 6. The third kappa shape index (κ3) is 3.96. The molecule has 0 radical (unpaired) electrons. The highest BCUT2D eigenvalue weighted by Gasteiger charge is 2.32. The molecule has 0 spiro atoms. The van der Waals surface area contributed by atoms with Crippen LogP contribution < -0.4 is 19.1 Å². The van der Waals surface area contributed by atoms with Crippen LogP contribution in [0.2, 0.25) is 0 Å². The molecule has 0 aromatic heterocycles. The van der Waals surface area contributed by atoms with Crippen LogP contribution in [0.1, 0.15) is 31.2 Å². The average molecular weight is 431 g/mol. The molecule has 0 saturated heterocycles. The highest BCUT2D eigenvalue weighted by molar-refractivity contribution is 7.92. The number of hydrogen-bond acceptors (Lipinski definition) is 5. The second-order valence-corrected chi connectivity index (χ2v) is 9.40. The number of anilines is 2. The zero-order chi connectivity index (χ0) is 21.3. The third-order valence-corrected chi connectivity index (χ3v) is 7.18. The molecule has 1 amide bonds. The van der Waals surface area contributed by atoms with E-state index in [4.69, 9.17) is 9.47 Å². The zero-order valence-electron chi connectivity index (χ0n) is 17.2. The van der Waals surface area contributed by atoms with Crippen molar-refractivity contribution in [1.82, 2.24) is 0 Å². The van der Waals surface area contributed by atoms with Crippen molar-refractivity contribution in [2.24, 2.45) is 5.92 Å². The molecular weight excluding hydrogens is 404 g/mol. The lowest BCUT2D eigenvalue weighted by molar-refractivity contribution is -0.124. The summed E-state index contributed by atoms with van der Waals surface area (Å²) >= 11 is 0. The summed E-state index contributed by atoms with van der Waals surface area (Å²) in [6.07, 6.45) is 4.58. The SMILES string of the molecule is COc1cc(NS(=O)(=O)c2ccc3c(c2)CCCN3C(=O)C2CCC2)cc(OC)c1. The molecule has 2 aliphatic rings. The van der Waals surface area contributed by atoms with Gasteiger partial charge in [-0.15, -0.1) is 0 Å². The zero-order valence-corrected chi connectivity index (χ0v) is 18.0. The first kappa shape index (κ1) is 20.5. The van der Waals surface area contributed by atoms with E-state index in [1.807, 2.05) is 4.90 Å². The molecular formula is C22H26N2O5S. The van der Waals surface area contributed by atoms with E-state index in [-0.39, 0.29) is 16.7 Å². The molecule has 0 atom stereocenters. The minimum Gasteiger partial charge on any atom is -0.497 e. The van der Waals surface area contributed by atoms with Gasteiger partial charge in [0.2, 0.25) is 5.91 Å². The van der Waals surface area contributed by atoms with E-state index >= 15 is 0 Å². The van der Waals surface area contributed by atoms with E-state index in [2.05, 4.69) is 4.72 Å². The van der Waals surface area contributed by atoms with Gasteiger partial charge in [0.15, 0.2) is 0 Å². The minimum atomic E-state index is -3.81. The Morgan fingerprint density at radius 1 is 1.03 bits per heavy atom. The number of amides is 1. The van der Waals surface area contributed by atoms with Gasteiger partial charge in [-0.1, -0.05) is 6.42 Å². The maximum atomic E-state index is 13.0. The molecule has 0 unspecified atom stereocenters. The fourth-order valence-electron chi connectivity index (χ4n) is 3.93. The molecule has 2 aromatic carbocycles. The second-order valence-electron chi connectivity index (χ2n) is 7.72. The molecule has 7 nitrogen and oxygen atoms in total. The summed E-state index contributed by atoms with van der Waals surface area (Å²) < 4.78 is 39.0. The molecule has 1 fully saturated rings. The first-order valence-corrected chi connectivity index (χ1v) is 11.6. The molecule has 1 aliphatic heterocycles. The van der Waals surface area contributed by atoms with Gasteiger partial charge in [-0.05, 0) is 49.4 Å². The van der Waals surface area contributed by atoms with Crippen LogP contribution in [-0.4, -0.2) is 35.1 Å². The molecule has 4 rings (SSSR count). The smallest absolute Gasteiger partial charge is 0.261 e. The molecule has 30 heavy (non-hydrogen) atoms. The number of sulfonamides is 1. The average Bonchev–Trinajstić information content (AvgIpc) is 2.70. The van der Waals surface area contributed by atoms with Crippen LogP contribution in [0, 0.1) is 5.92 Å². The fraction of sp³-hybridized carbons (Fsp3) is 0.409. The highest BCUT2D eigenvalue weighted by Crippen LogP contribution is 2.35. The van der Waals surface area contributed by atoms with Crippen LogP contribution in [-0.2, 0) is 21.2 Å². The van der Waals surface area contributed by atoms with Gasteiger partial charge in [-0.25, -0.2) is 8.42 Å². The van der Waals surface area contributed by atoms with Crippen molar-refractivity contribution >= 4 is 27.3 Å². The van der Waals surface area contributed by atoms with Crippen molar-refractivity contribution in [2.75, 3.05) is 30.4 Å². The summed E-state index contributed by atoms with van der Waals surface area (Å²) in [5.74, 6) is 1.26. The minimum absolute atomic E-state index is 0.115. The molecule has 2 aromatic rings. The van der Waals surface area contributed by atoms with E-state index in [1.54, 1.807) is 36.4 Å². The largest absolute Gasteiger partial charge is 0.497 e. The van der Waals surface area contributed by atoms with Crippen LogP contribution in [0.15, 0.2) is 41.3 Å². The number of aryl methyl sites for hydroxylation is 1. The summed E-state index contributed by atoms with van der Waals surface area (Å²) in [7, 11) is -0.795. The van der Waals surface area contributed by atoms with E-state index in [1.165, 1.54) is 14.2 Å². The van der Waals surface area contributed by atoms with Gasteiger partial charge in [-0.2, -0.15) is 0 Å².